The molecule has 0 bridgehead atoms. The minimum Gasteiger partial charge on any atom is -0.454 e. The van der Waals surface area contributed by atoms with E-state index in [4.69, 9.17) is 21.1 Å². The summed E-state index contributed by atoms with van der Waals surface area (Å²) >= 11 is 6.16. The number of ether oxygens (including phenoxy) is 2. The fourth-order valence-corrected chi connectivity index (χ4v) is 2.80. The van der Waals surface area contributed by atoms with Gasteiger partial charge in [0.25, 0.3) is 0 Å². The highest BCUT2D eigenvalue weighted by molar-refractivity contribution is 6.31. The molecule has 0 fully saturated rings. The van der Waals surface area contributed by atoms with E-state index in [2.05, 4.69) is 10.6 Å². The van der Waals surface area contributed by atoms with Gasteiger partial charge in [-0.3, -0.25) is 4.79 Å². The van der Waals surface area contributed by atoms with E-state index in [9.17, 15) is 4.79 Å². The Morgan fingerprint density at radius 2 is 2.00 bits per heavy atom. The lowest BCUT2D eigenvalue weighted by Crippen LogP contribution is -2.34. The summed E-state index contributed by atoms with van der Waals surface area (Å²) in [4.78, 5) is 12.0. The minimum atomic E-state index is -0.0772. The van der Waals surface area contributed by atoms with Crippen LogP contribution in [0.5, 0.6) is 11.5 Å². The molecule has 6 heteroatoms. The van der Waals surface area contributed by atoms with Crippen LogP contribution in [0.2, 0.25) is 5.02 Å². The lowest BCUT2D eigenvalue weighted by atomic mass is 10.1. The van der Waals surface area contributed by atoms with Crippen molar-refractivity contribution in [3.8, 4) is 11.5 Å². The van der Waals surface area contributed by atoms with Gasteiger partial charge < -0.3 is 20.1 Å². The van der Waals surface area contributed by atoms with Gasteiger partial charge in [0, 0.05) is 17.6 Å². The lowest BCUT2D eigenvalue weighted by molar-refractivity contribution is -0.120. The molecule has 1 aliphatic heterocycles. The van der Waals surface area contributed by atoms with Crippen molar-refractivity contribution in [2.45, 2.75) is 19.5 Å². The molecule has 0 unspecified atom stereocenters. The number of benzene rings is 2. The van der Waals surface area contributed by atoms with Crippen LogP contribution in [0.3, 0.4) is 0 Å². The molecule has 0 aliphatic carbocycles. The van der Waals surface area contributed by atoms with Gasteiger partial charge in [0.2, 0.25) is 12.7 Å². The molecule has 24 heavy (non-hydrogen) atoms. The van der Waals surface area contributed by atoms with Crippen LogP contribution in [0.4, 0.5) is 0 Å². The van der Waals surface area contributed by atoms with E-state index in [1.807, 2.05) is 49.4 Å². The van der Waals surface area contributed by atoms with Crippen molar-refractivity contribution >= 4 is 17.5 Å². The van der Waals surface area contributed by atoms with Gasteiger partial charge in [0.15, 0.2) is 11.5 Å². The highest BCUT2D eigenvalue weighted by atomic mass is 35.5. The van der Waals surface area contributed by atoms with Crippen LogP contribution in [-0.2, 0) is 11.3 Å². The van der Waals surface area contributed by atoms with E-state index < -0.39 is 0 Å². The molecule has 0 saturated carbocycles. The van der Waals surface area contributed by atoms with E-state index in [1.165, 1.54) is 0 Å². The van der Waals surface area contributed by atoms with Crippen molar-refractivity contribution in [2.24, 2.45) is 0 Å². The largest absolute Gasteiger partial charge is 0.454 e. The number of amides is 1. The summed E-state index contributed by atoms with van der Waals surface area (Å²) < 4.78 is 10.6. The zero-order valence-electron chi connectivity index (χ0n) is 13.3. The molecule has 2 aromatic rings. The zero-order valence-corrected chi connectivity index (χ0v) is 14.1. The zero-order chi connectivity index (χ0) is 16.9. The summed E-state index contributed by atoms with van der Waals surface area (Å²) in [7, 11) is 0. The fraction of sp³-hybridized carbons (Fsp3) is 0.278. The van der Waals surface area contributed by atoms with E-state index in [0.717, 1.165) is 16.9 Å². The normalized spacial score (nSPS) is 13.6. The first-order valence-corrected chi connectivity index (χ1v) is 8.14. The van der Waals surface area contributed by atoms with E-state index >= 15 is 0 Å². The smallest absolute Gasteiger partial charge is 0.234 e. The molecule has 0 aromatic heterocycles. The predicted molar refractivity (Wildman–Crippen MR) is 92.3 cm³/mol. The number of hydrogen-bond donors (Lipinski definition) is 2. The van der Waals surface area contributed by atoms with E-state index in [0.29, 0.717) is 17.3 Å². The molecule has 5 nitrogen and oxygen atoms in total. The van der Waals surface area contributed by atoms with Crippen LogP contribution < -0.4 is 20.1 Å². The summed E-state index contributed by atoms with van der Waals surface area (Å²) in [6.45, 7) is 2.88. The number of carbonyl (C=O) groups excluding carboxylic acids is 1. The first-order chi connectivity index (χ1) is 11.6. The van der Waals surface area contributed by atoms with Gasteiger partial charge in [-0.2, -0.15) is 0 Å². The van der Waals surface area contributed by atoms with Crippen molar-refractivity contribution < 1.29 is 14.3 Å². The van der Waals surface area contributed by atoms with Gasteiger partial charge >= 0.3 is 0 Å². The van der Waals surface area contributed by atoms with Crippen molar-refractivity contribution in [2.75, 3.05) is 13.3 Å². The highest BCUT2D eigenvalue weighted by Gasteiger charge is 2.14. The second-order valence-electron chi connectivity index (χ2n) is 5.59. The Morgan fingerprint density at radius 1 is 1.21 bits per heavy atom. The molecule has 2 aromatic carbocycles. The van der Waals surface area contributed by atoms with Gasteiger partial charge in [-0.25, -0.2) is 0 Å². The first kappa shape index (κ1) is 16.6. The summed E-state index contributed by atoms with van der Waals surface area (Å²) in [5.41, 5.74) is 1.94. The van der Waals surface area contributed by atoms with Crippen LogP contribution in [0.1, 0.15) is 24.1 Å². The van der Waals surface area contributed by atoms with Crippen LogP contribution in [0.25, 0.3) is 0 Å². The Morgan fingerprint density at radius 3 is 2.83 bits per heavy atom. The maximum absolute atomic E-state index is 12.0. The van der Waals surface area contributed by atoms with Gasteiger partial charge in [-0.1, -0.05) is 35.9 Å². The summed E-state index contributed by atoms with van der Waals surface area (Å²) in [5.74, 6) is 1.37. The van der Waals surface area contributed by atoms with Gasteiger partial charge in [-0.05, 0) is 36.2 Å². The first-order valence-electron chi connectivity index (χ1n) is 7.76. The summed E-state index contributed by atoms with van der Waals surface area (Å²) in [6, 6.07) is 13.2. The van der Waals surface area contributed by atoms with Crippen molar-refractivity contribution in [1.29, 1.82) is 0 Å². The number of halogens is 1. The fourth-order valence-electron chi connectivity index (χ4n) is 2.50. The SMILES string of the molecule is C[C@@H](NCC(=O)NCc1ccc2c(c1)OCO2)c1ccccc1Cl. The molecule has 0 spiro atoms. The average molecular weight is 347 g/mol. The number of carbonyl (C=O) groups is 1. The van der Waals surface area contributed by atoms with Crippen LogP contribution >= 0.6 is 11.6 Å². The van der Waals surface area contributed by atoms with E-state index in [1.54, 1.807) is 0 Å². The molecule has 2 N–H and O–H groups in total. The van der Waals surface area contributed by atoms with Gasteiger partial charge in [0.1, 0.15) is 0 Å². The Balaban J connectivity index is 1.47. The Hall–Kier alpha value is -2.24. The monoisotopic (exact) mass is 346 g/mol. The number of nitrogens with one attached hydrogen (secondary N) is 2. The Bertz CT molecular complexity index is 736. The maximum Gasteiger partial charge on any atom is 0.234 e. The topological polar surface area (TPSA) is 59.6 Å². The number of hydrogen-bond acceptors (Lipinski definition) is 4. The molecule has 1 heterocycles. The summed E-state index contributed by atoms with van der Waals surface area (Å²) in [5, 5.41) is 6.75. The van der Waals surface area contributed by atoms with Crippen LogP contribution in [0.15, 0.2) is 42.5 Å². The molecule has 126 valence electrons. The van der Waals surface area contributed by atoms with Crippen LogP contribution in [0, 0.1) is 0 Å². The summed E-state index contributed by atoms with van der Waals surface area (Å²) in [6.07, 6.45) is 0. The second-order valence-corrected chi connectivity index (χ2v) is 6.00. The average Bonchev–Trinajstić information content (AvgIpc) is 3.06. The standard InChI is InChI=1S/C18H19ClN2O3/c1-12(14-4-2-3-5-15(14)19)20-10-18(22)21-9-13-6-7-16-17(8-13)24-11-23-16/h2-8,12,20H,9-11H2,1H3,(H,21,22)/t12-/m1/s1. The quantitative estimate of drug-likeness (QED) is 0.844. The molecule has 1 atom stereocenters. The third-order valence-corrected chi connectivity index (χ3v) is 4.21. The lowest BCUT2D eigenvalue weighted by Gasteiger charge is -2.15. The van der Waals surface area contributed by atoms with Crippen molar-refractivity contribution in [3.63, 3.8) is 0 Å². The molecule has 0 saturated heterocycles. The third-order valence-electron chi connectivity index (χ3n) is 3.87. The third kappa shape index (κ3) is 3.99. The van der Waals surface area contributed by atoms with Gasteiger partial charge in [0.05, 0.1) is 6.54 Å². The van der Waals surface area contributed by atoms with Crippen LogP contribution in [-0.4, -0.2) is 19.2 Å². The number of rotatable bonds is 6. The molecule has 3 rings (SSSR count). The Kier molecular flexibility index (Phi) is 5.23. The molecular formula is C18H19ClN2O3. The van der Waals surface area contributed by atoms with Gasteiger partial charge in [-0.15, -0.1) is 0 Å². The molecule has 1 aliphatic rings. The molecular weight excluding hydrogens is 328 g/mol. The molecule has 1 amide bonds. The Labute approximate surface area is 145 Å². The number of fused-ring (bicyclic) bond motifs is 1. The second kappa shape index (κ2) is 7.55. The predicted octanol–water partition coefficient (Wildman–Crippen LogP) is 3.04. The minimum absolute atomic E-state index is 0.00464. The highest BCUT2D eigenvalue weighted by Crippen LogP contribution is 2.32. The van der Waals surface area contributed by atoms with Crippen molar-refractivity contribution in [1.82, 2.24) is 10.6 Å². The maximum atomic E-state index is 12.0. The van der Waals surface area contributed by atoms with Crippen molar-refractivity contribution in [3.05, 3.63) is 58.6 Å². The molecule has 0 radical (unpaired) electrons. The van der Waals surface area contributed by atoms with E-state index in [-0.39, 0.29) is 25.3 Å².